The molecule has 1 aromatic rings. The van der Waals surface area contributed by atoms with Crippen molar-refractivity contribution in [1.82, 2.24) is 5.32 Å². The molecule has 1 N–H and O–H groups in total. The number of hydrogen-bond acceptors (Lipinski definition) is 3. The van der Waals surface area contributed by atoms with Gasteiger partial charge in [-0.3, -0.25) is 4.79 Å². The SMILES string of the molecule is CCOC(=O)C1CNCC1c1ccccc1Br. The largest absolute Gasteiger partial charge is 0.466 e. The molecular weight excluding hydrogens is 282 g/mol. The third-order valence-corrected chi connectivity index (χ3v) is 3.83. The fourth-order valence-electron chi connectivity index (χ4n) is 2.28. The highest BCUT2D eigenvalue weighted by Crippen LogP contribution is 2.33. The smallest absolute Gasteiger partial charge is 0.310 e. The number of benzene rings is 1. The second-order valence-electron chi connectivity index (χ2n) is 4.14. The van der Waals surface area contributed by atoms with Crippen LogP contribution in [0.2, 0.25) is 0 Å². The van der Waals surface area contributed by atoms with Crippen molar-refractivity contribution in [2.75, 3.05) is 19.7 Å². The maximum Gasteiger partial charge on any atom is 0.310 e. The molecule has 0 aliphatic carbocycles. The molecule has 2 rings (SSSR count). The molecule has 1 aliphatic heterocycles. The molecule has 0 bridgehead atoms. The summed E-state index contributed by atoms with van der Waals surface area (Å²) in [6.07, 6.45) is 0. The molecule has 0 spiro atoms. The first-order valence-electron chi connectivity index (χ1n) is 5.85. The Labute approximate surface area is 110 Å². The fourth-order valence-corrected chi connectivity index (χ4v) is 2.86. The zero-order valence-corrected chi connectivity index (χ0v) is 11.4. The zero-order chi connectivity index (χ0) is 12.3. The van der Waals surface area contributed by atoms with E-state index in [9.17, 15) is 4.79 Å². The first-order chi connectivity index (χ1) is 8.24. The van der Waals surface area contributed by atoms with Crippen LogP contribution in [0.25, 0.3) is 0 Å². The third-order valence-electron chi connectivity index (χ3n) is 3.11. The van der Waals surface area contributed by atoms with Crippen LogP contribution in [-0.2, 0) is 9.53 Å². The van der Waals surface area contributed by atoms with Gasteiger partial charge in [-0.1, -0.05) is 34.1 Å². The van der Waals surface area contributed by atoms with Gasteiger partial charge in [0.25, 0.3) is 0 Å². The van der Waals surface area contributed by atoms with Gasteiger partial charge in [0.15, 0.2) is 0 Å². The van der Waals surface area contributed by atoms with E-state index >= 15 is 0 Å². The highest BCUT2D eigenvalue weighted by Gasteiger charge is 2.35. The summed E-state index contributed by atoms with van der Waals surface area (Å²) in [4.78, 5) is 11.9. The normalized spacial score (nSPS) is 23.6. The van der Waals surface area contributed by atoms with Gasteiger partial charge in [-0.05, 0) is 18.6 Å². The number of carbonyl (C=O) groups excluding carboxylic acids is 1. The van der Waals surface area contributed by atoms with E-state index in [1.807, 2.05) is 25.1 Å². The Morgan fingerprint density at radius 3 is 2.94 bits per heavy atom. The number of esters is 1. The summed E-state index contributed by atoms with van der Waals surface area (Å²) < 4.78 is 6.18. The molecule has 2 unspecified atom stereocenters. The van der Waals surface area contributed by atoms with Crippen molar-refractivity contribution in [2.24, 2.45) is 5.92 Å². The topological polar surface area (TPSA) is 38.3 Å². The quantitative estimate of drug-likeness (QED) is 0.870. The molecule has 3 nitrogen and oxygen atoms in total. The maximum absolute atomic E-state index is 11.9. The number of ether oxygens (including phenoxy) is 1. The van der Waals surface area contributed by atoms with E-state index in [1.54, 1.807) is 0 Å². The predicted octanol–water partition coefficient (Wildman–Crippen LogP) is 2.32. The Kier molecular flexibility index (Phi) is 4.18. The van der Waals surface area contributed by atoms with Crippen LogP contribution in [0.15, 0.2) is 28.7 Å². The molecule has 1 aromatic carbocycles. The van der Waals surface area contributed by atoms with E-state index in [2.05, 4.69) is 27.3 Å². The van der Waals surface area contributed by atoms with Crippen molar-refractivity contribution >= 4 is 21.9 Å². The monoisotopic (exact) mass is 297 g/mol. The molecule has 1 saturated heterocycles. The molecular formula is C13H16BrNO2. The van der Waals surface area contributed by atoms with Crippen LogP contribution in [0.4, 0.5) is 0 Å². The number of hydrogen-bond donors (Lipinski definition) is 1. The van der Waals surface area contributed by atoms with Crippen LogP contribution in [0.5, 0.6) is 0 Å². The van der Waals surface area contributed by atoms with E-state index in [4.69, 9.17) is 4.74 Å². The summed E-state index contributed by atoms with van der Waals surface area (Å²) in [5, 5.41) is 3.27. The molecule has 4 heteroatoms. The molecule has 17 heavy (non-hydrogen) atoms. The summed E-state index contributed by atoms with van der Waals surface area (Å²) >= 11 is 3.54. The number of rotatable bonds is 3. The molecule has 1 fully saturated rings. The Morgan fingerprint density at radius 2 is 2.24 bits per heavy atom. The van der Waals surface area contributed by atoms with Gasteiger partial charge in [-0.2, -0.15) is 0 Å². The van der Waals surface area contributed by atoms with Gasteiger partial charge in [0.2, 0.25) is 0 Å². The van der Waals surface area contributed by atoms with E-state index in [-0.39, 0.29) is 17.8 Å². The first kappa shape index (κ1) is 12.6. The number of halogens is 1. The lowest BCUT2D eigenvalue weighted by molar-refractivity contribution is -0.147. The van der Waals surface area contributed by atoms with Crippen LogP contribution >= 0.6 is 15.9 Å². The second-order valence-corrected chi connectivity index (χ2v) is 5.00. The summed E-state index contributed by atoms with van der Waals surface area (Å²) in [6.45, 7) is 3.81. The van der Waals surface area contributed by atoms with Crippen molar-refractivity contribution in [1.29, 1.82) is 0 Å². The lowest BCUT2D eigenvalue weighted by Crippen LogP contribution is -2.24. The van der Waals surface area contributed by atoms with Gasteiger partial charge in [0, 0.05) is 23.5 Å². The minimum Gasteiger partial charge on any atom is -0.466 e. The van der Waals surface area contributed by atoms with Crippen molar-refractivity contribution < 1.29 is 9.53 Å². The first-order valence-corrected chi connectivity index (χ1v) is 6.65. The Bertz CT molecular complexity index is 408. The van der Waals surface area contributed by atoms with Crippen LogP contribution in [0.3, 0.4) is 0 Å². The van der Waals surface area contributed by atoms with Crippen molar-refractivity contribution in [2.45, 2.75) is 12.8 Å². The van der Waals surface area contributed by atoms with Gasteiger partial charge in [-0.15, -0.1) is 0 Å². The highest BCUT2D eigenvalue weighted by atomic mass is 79.9. The Morgan fingerprint density at radius 1 is 1.47 bits per heavy atom. The fraction of sp³-hybridized carbons (Fsp3) is 0.462. The van der Waals surface area contributed by atoms with Gasteiger partial charge < -0.3 is 10.1 Å². The van der Waals surface area contributed by atoms with Gasteiger partial charge in [0.05, 0.1) is 12.5 Å². The average Bonchev–Trinajstić information content (AvgIpc) is 2.79. The average molecular weight is 298 g/mol. The lowest BCUT2D eigenvalue weighted by atomic mass is 9.89. The Balaban J connectivity index is 2.20. The van der Waals surface area contributed by atoms with Gasteiger partial charge in [0.1, 0.15) is 0 Å². The van der Waals surface area contributed by atoms with E-state index in [0.717, 1.165) is 11.0 Å². The van der Waals surface area contributed by atoms with Crippen LogP contribution in [0.1, 0.15) is 18.4 Å². The third kappa shape index (κ3) is 2.69. The summed E-state index contributed by atoms with van der Waals surface area (Å²) in [5.41, 5.74) is 1.18. The molecule has 1 heterocycles. The summed E-state index contributed by atoms with van der Waals surface area (Å²) in [6, 6.07) is 8.06. The van der Waals surface area contributed by atoms with Crippen LogP contribution in [0, 0.1) is 5.92 Å². The number of carbonyl (C=O) groups is 1. The van der Waals surface area contributed by atoms with E-state index < -0.39 is 0 Å². The maximum atomic E-state index is 11.9. The standard InChI is InChI=1S/C13H16BrNO2/c1-2-17-13(16)11-8-15-7-10(11)9-5-3-4-6-12(9)14/h3-6,10-11,15H,2,7-8H2,1H3. The minimum absolute atomic E-state index is 0.0753. The Hall–Kier alpha value is -0.870. The van der Waals surface area contributed by atoms with Crippen LogP contribution < -0.4 is 5.32 Å². The molecule has 1 aliphatic rings. The molecule has 0 amide bonds. The summed E-state index contributed by atoms with van der Waals surface area (Å²) in [7, 11) is 0. The molecule has 92 valence electrons. The van der Waals surface area contributed by atoms with Crippen molar-refractivity contribution in [3.05, 3.63) is 34.3 Å². The van der Waals surface area contributed by atoms with Gasteiger partial charge in [-0.25, -0.2) is 0 Å². The second kappa shape index (κ2) is 5.65. The van der Waals surface area contributed by atoms with Crippen LogP contribution in [-0.4, -0.2) is 25.7 Å². The highest BCUT2D eigenvalue weighted by molar-refractivity contribution is 9.10. The molecule has 0 radical (unpaired) electrons. The van der Waals surface area contributed by atoms with E-state index in [1.165, 1.54) is 5.56 Å². The predicted molar refractivity (Wildman–Crippen MR) is 69.9 cm³/mol. The number of nitrogens with one attached hydrogen (secondary N) is 1. The van der Waals surface area contributed by atoms with E-state index in [0.29, 0.717) is 13.2 Å². The van der Waals surface area contributed by atoms with Crippen molar-refractivity contribution in [3.63, 3.8) is 0 Å². The molecule has 0 aromatic heterocycles. The summed E-state index contributed by atoms with van der Waals surface area (Å²) in [5.74, 6) is 0.0246. The minimum atomic E-state index is -0.0988. The lowest BCUT2D eigenvalue weighted by Gasteiger charge is -2.18. The van der Waals surface area contributed by atoms with Crippen molar-refractivity contribution in [3.8, 4) is 0 Å². The zero-order valence-electron chi connectivity index (χ0n) is 9.78. The molecule has 0 saturated carbocycles. The molecule has 2 atom stereocenters. The van der Waals surface area contributed by atoms with Gasteiger partial charge >= 0.3 is 5.97 Å².